The first-order chi connectivity index (χ1) is 8.08. The van der Waals surface area contributed by atoms with Crippen LogP contribution in [-0.2, 0) is 6.42 Å². The van der Waals surface area contributed by atoms with Gasteiger partial charge < -0.3 is 0 Å². The zero-order valence-corrected chi connectivity index (χ0v) is 13.1. The van der Waals surface area contributed by atoms with Crippen LogP contribution in [0.15, 0.2) is 29.8 Å². The van der Waals surface area contributed by atoms with Gasteiger partial charge in [0, 0.05) is 0 Å². The zero-order valence-electron chi connectivity index (χ0n) is 13.1. The number of rotatable bonds is 2. The molecule has 0 heterocycles. The Morgan fingerprint density at radius 3 is 1.83 bits per heavy atom. The molecular formula is C18H28. The predicted octanol–water partition coefficient (Wildman–Crippen LogP) is 5.72. The number of allylic oxidation sites excluding steroid dienone is 1. The molecule has 1 aromatic carbocycles. The van der Waals surface area contributed by atoms with Crippen molar-refractivity contribution >= 4 is 6.08 Å². The van der Waals surface area contributed by atoms with Crippen molar-refractivity contribution < 1.29 is 0 Å². The van der Waals surface area contributed by atoms with Gasteiger partial charge in [0.15, 0.2) is 0 Å². The van der Waals surface area contributed by atoms with Crippen LogP contribution in [0.4, 0.5) is 0 Å². The minimum absolute atomic E-state index is 0.254. The fourth-order valence-corrected chi connectivity index (χ4v) is 1.81. The van der Waals surface area contributed by atoms with Gasteiger partial charge in [0.2, 0.25) is 0 Å². The Morgan fingerprint density at radius 1 is 0.944 bits per heavy atom. The van der Waals surface area contributed by atoms with Gasteiger partial charge in [-0.1, -0.05) is 77.5 Å². The van der Waals surface area contributed by atoms with Crippen molar-refractivity contribution in [3.05, 3.63) is 41.0 Å². The molecule has 0 N–H and O–H groups in total. The van der Waals surface area contributed by atoms with Crippen LogP contribution in [0.2, 0.25) is 0 Å². The van der Waals surface area contributed by atoms with E-state index in [1.165, 1.54) is 16.7 Å². The van der Waals surface area contributed by atoms with Crippen molar-refractivity contribution in [2.24, 2.45) is 10.8 Å². The summed E-state index contributed by atoms with van der Waals surface area (Å²) in [5, 5.41) is 0. The molecule has 0 heteroatoms. The topological polar surface area (TPSA) is 0 Å². The first-order valence-electron chi connectivity index (χ1n) is 6.86. The molecule has 0 nitrogen and oxygen atoms in total. The Labute approximate surface area is 113 Å². The van der Waals surface area contributed by atoms with Gasteiger partial charge >= 0.3 is 0 Å². The molecule has 0 spiro atoms. The minimum atomic E-state index is 0.254. The lowest BCUT2D eigenvalue weighted by Crippen LogP contribution is -2.09. The van der Waals surface area contributed by atoms with Gasteiger partial charge in [0.05, 0.1) is 0 Å². The molecule has 0 bridgehead atoms. The van der Waals surface area contributed by atoms with Crippen molar-refractivity contribution in [1.82, 2.24) is 0 Å². The summed E-state index contributed by atoms with van der Waals surface area (Å²) in [7, 11) is 0. The average molecular weight is 244 g/mol. The first-order valence-corrected chi connectivity index (χ1v) is 6.86. The van der Waals surface area contributed by atoms with Gasteiger partial charge in [0.25, 0.3) is 0 Å². The molecule has 1 aromatic rings. The van der Waals surface area contributed by atoms with Crippen molar-refractivity contribution in [1.29, 1.82) is 0 Å². The molecule has 0 saturated carbocycles. The van der Waals surface area contributed by atoms with Gasteiger partial charge in [-0.15, -0.1) is 0 Å². The van der Waals surface area contributed by atoms with E-state index in [1.807, 2.05) is 0 Å². The molecule has 0 amide bonds. The van der Waals surface area contributed by atoms with Crippen LogP contribution in [0.3, 0.4) is 0 Å². The third-order valence-electron chi connectivity index (χ3n) is 3.28. The van der Waals surface area contributed by atoms with Crippen LogP contribution < -0.4 is 0 Å². The smallest absolute Gasteiger partial charge is 0.0172 e. The van der Waals surface area contributed by atoms with Gasteiger partial charge in [0.1, 0.15) is 0 Å². The maximum Gasteiger partial charge on any atom is -0.0172 e. The summed E-state index contributed by atoms with van der Waals surface area (Å²) in [5.74, 6) is 0. The highest BCUT2D eigenvalue weighted by Gasteiger charge is 2.13. The number of hydrogen-bond donors (Lipinski definition) is 0. The van der Waals surface area contributed by atoms with E-state index in [-0.39, 0.29) is 5.41 Å². The molecule has 18 heavy (non-hydrogen) atoms. The zero-order chi connectivity index (χ0) is 14.0. The third-order valence-corrected chi connectivity index (χ3v) is 3.28. The Bertz CT molecular complexity index is 405. The number of hydrogen-bond acceptors (Lipinski definition) is 0. The highest BCUT2D eigenvalue weighted by Crippen LogP contribution is 2.27. The van der Waals surface area contributed by atoms with E-state index in [0.29, 0.717) is 5.41 Å². The summed E-state index contributed by atoms with van der Waals surface area (Å²) in [5.41, 5.74) is 4.77. The molecular weight excluding hydrogens is 216 g/mol. The SMILES string of the molecule is C/C(=C\c1ccc(CC(C)(C)C)cc1)C(C)(C)C. The minimum Gasteiger partial charge on any atom is -0.0674 e. The van der Waals surface area contributed by atoms with Gasteiger partial charge in [-0.3, -0.25) is 0 Å². The van der Waals surface area contributed by atoms with Crippen LogP contribution in [0.5, 0.6) is 0 Å². The molecule has 0 unspecified atom stereocenters. The average Bonchev–Trinajstić information content (AvgIpc) is 2.17. The molecule has 0 aliphatic carbocycles. The molecule has 100 valence electrons. The van der Waals surface area contributed by atoms with Crippen LogP contribution >= 0.6 is 0 Å². The van der Waals surface area contributed by atoms with Crippen LogP contribution in [0, 0.1) is 10.8 Å². The Hall–Kier alpha value is -1.04. The number of benzene rings is 1. The lowest BCUT2D eigenvalue weighted by Gasteiger charge is -2.20. The molecule has 0 saturated heterocycles. The van der Waals surface area contributed by atoms with Crippen molar-refractivity contribution in [2.75, 3.05) is 0 Å². The largest absolute Gasteiger partial charge is 0.0674 e. The maximum atomic E-state index is 2.29. The van der Waals surface area contributed by atoms with Crippen LogP contribution in [0.25, 0.3) is 6.08 Å². The van der Waals surface area contributed by atoms with E-state index in [2.05, 4.69) is 78.8 Å². The van der Waals surface area contributed by atoms with E-state index in [0.717, 1.165) is 6.42 Å². The summed E-state index contributed by atoms with van der Waals surface area (Å²) in [6.45, 7) is 15.8. The third kappa shape index (κ3) is 5.08. The molecule has 0 aliphatic rings. The van der Waals surface area contributed by atoms with Gasteiger partial charge in [-0.05, 0) is 35.3 Å². The highest BCUT2D eigenvalue weighted by atomic mass is 14.2. The van der Waals surface area contributed by atoms with Crippen LogP contribution in [0.1, 0.15) is 59.6 Å². The van der Waals surface area contributed by atoms with Crippen molar-refractivity contribution in [2.45, 2.75) is 54.9 Å². The second-order valence-corrected chi connectivity index (χ2v) is 7.56. The van der Waals surface area contributed by atoms with E-state index >= 15 is 0 Å². The van der Waals surface area contributed by atoms with E-state index in [9.17, 15) is 0 Å². The fraction of sp³-hybridized carbons (Fsp3) is 0.556. The van der Waals surface area contributed by atoms with Crippen LogP contribution in [-0.4, -0.2) is 0 Å². The summed E-state index contributed by atoms with van der Waals surface area (Å²) >= 11 is 0. The van der Waals surface area contributed by atoms with Crippen molar-refractivity contribution in [3.63, 3.8) is 0 Å². The summed E-state index contributed by atoms with van der Waals surface area (Å²) < 4.78 is 0. The van der Waals surface area contributed by atoms with E-state index in [1.54, 1.807) is 0 Å². The summed E-state index contributed by atoms with van der Waals surface area (Å²) in [4.78, 5) is 0. The molecule has 0 atom stereocenters. The van der Waals surface area contributed by atoms with Gasteiger partial charge in [-0.25, -0.2) is 0 Å². The summed E-state index contributed by atoms with van der Waals surface area (Å²) in [6.07, 6.45) is 3.43. The monoisotopic (exact) mass is 244 g/mol. The van der Waals surface area contributed by atoms with Crippen molar-refractivity contribution in [3.8, 4) is 0 Å². The lowest BCUT2D eigenvalue weighted by atomic mass is 9.86. The predicted molar refractivity (Wildman–Crippen MR) is 82.7 cm³/mol. The Morgan fingerprint density at radius 2 is 1.44 bits per heavy atom. The fourth-order valence-electron chi connectivity index (χ4n) is 1.81. The molecule has 0 fully saturated rings. The second kappa shape index (κ2) is 5.30. The second-order valence-electron chi connectivity index (χ2n) is 7.56. The Balaban J connectivity index is 2.84. The molecule has 0 aromatic heterocycles. The lowest BCUT2D eigenvalue weighted by molar-refractivity contribution is 0.411. The highest BCUT2D eigenvalue weighted by molar-refractivity contribution is 5.54. The quantitative estimate of drug-likeness (QED) is 0.623. The van der Waals surface area contributed by atoms with E-state index < -0.39 is 0 Å². The maximum absolute atomic E-state index is 2.29. The van der Waals surface area contributed by atoms with Gasteiger partial charge in [-0.2, -0.15) is 0 Å². The molecule has 1 rings (SSSR count). The first kappa shape index (κ1) is 15.0. The standard InChI is InChI=1S/C18H28/c1-14(18(5,6)7)12-15-8-10-16(11-9-15)13-17(2,3)4/h8-12H,13H2,1-7H3/b14-12+. The molecule has 0 aliphatic heterocycles. The Kier molecular flexibility index (Phi) is 4.42. The normalized spacial score (nSPS) is 13.8. The summed E-state index contributed by atoms with van der Waals surface area (Å²) in [6, 6.07) is 8.98. The van der Waals surface area contributed by atoms with E-state index in [4.69, 9.17) is 0 Å². The molecule has 0 radical (unpaired) electrons.